The number of halogens is 1. The Morgan fingerprint density at radius 3 is 2.63 bits per heavy atom. The molecule has 1 aromatic rings. The van der Waals surface area contributed by atoms with Crippen LogP contribution in [0, 0.1) is 23.1 Å². The van der Waals surface area contributed by atoms with Crippen LogP contribution in [-0.4, -0.2) is 0 Å². The van der Waals surface area contributed by atoms with E-state index in [-0.39, 0.29) is 11.4 Å². The molecule has 0 radical (unpaired) electrons. The van der Waals surface area contributed by atoms with E-state index in [1.807, 2.05) is 12.1 Å². The molecule has 0 unspecified atom stereocenters. The third-order valence-electron chi connectivity index (χ3n) is 4.00. The Bertz CT molecular complexity index is 490. The van der Waals surface area contributed by atoms with Crippen LogP contribution in [0.15, 0.2) is 30.4 Å². The van der Waals surface area contributed by atoms with Gasteiger partial charge in [0.15, 0.2) is 0 Å². The molecule has 0 aromatic heterocycles. The van der Waals surface area contributed by atoms with E-state index in [9.17, 15) is 4.39 Å². The van der Waals surface area contributed by atoms with Crippen molar-refractivity contribution in [2.75, 3.05) is 0 Å². The average molecular weight is 257 g/mol. The van der Waals surface area contributed by atoms with Gasteiger partial charge in [-0.15, -0.1) is 0 Å². The monoisotopic (exact) mass is 257 g/mol. The Morgan fingerprint density at radius 2 is 2.05 bits per heavy atom. The number of nitriles is 1. The summed E-state index contributed by atoms with van der Waals surface area (Å²) in [4.78, 5) is 0. The molecule has 0 bridgehead atoms. The first-order chi connectivity index (χ1) is 9.24. The van der Waals surface area contributed by atoms with E-state index in [1.54, 1.807) is 12.1 Å². The van der Waals surface area contributed by atoms with Gasteiger partial charge in [0.25, 0.3) is 0 Å². The summed E-state index contributed by atoms with van der Waals surface area (Å²) in [6, 6.07) is 6.93. The molecule has 1 saturated carbocycles. The van der Waals surface area contributed by atoms with Gasteiger partial charge in [-0.2, -0.15) is 5.26 Å². The first-order valence-electron chi connectivity index (χ1n) is 7.10. The first kappa shape index (κ1) is 13.8. The lowest BCUT2D eigenvalue weighted by molar-refractivity contribution is 0.374. The lowest BCUT2D eigenvalue weighted by atomic mass is 9.78. The molecule has 2 rings (SSSR count). The molecule has 1 nitrogen and oxygen atoms in total. The summed E-state index contributed by atoms with van der Waals surface area (Å²) >= 11 is 0. The van der Waals surface area contributed by atoms with E-state index in [0.29, 0.717) is 11.8 Å². The van der Waals surface area contributed by atoms with Gasteiger partial charge in [-0.3, -0.25) is 0 Å². The van der Waals surface area contributed by atoms with Gasteiger partial charge < -0.3 is 0 Å². The van der Waals surface area contributed by atoms with Crippen molar-refractivity contribution in [3.8, 4) is 6.07 Å². The first-order valence-corrected chi connectivity index (χ1v) is 7.10. The van der Waals surface area contributed by atoms with Crippen LogP contribution in [-0.2, 0) is 0 Å². The average Bonchev–Trinajstić information content (AvgIpc) is 2.45. The zero-order valence-electron chi connectivity index (χ0n) is 11.4. The molecular formula is C17H20FN. The smallest absolute Gasteiger partial charge is 0.141 e. The molecule has 1 fully saturated rings. The highest BCUT2D eigenvalue weighted by Gasteiger charge is 2.21. The van der Waals surface area contributed by atoms with E-state index >= 15 is 0 Å². The maximum absolute atomic E-state index is 13.6. The number of nitrogens with zero attached hydrogens (tertiary/aromatic N) is 1. The van der Waals surface area contributed by atoms with E-state index in [0.717, 1.165) is 24.8 Å². The van der Waals surface area contributed by atoms with Gasteiger partial charge in [-0.25, -0.2) is 4.39 Å². The van der Waals surface area contributed by atoms with Crippen LogP contribution in [0.1, 0.15) is 56.1 Å². The summed E-state index contributed by atoms with van der Waals surface area (Å²) in [5.41, 5.74) is 1.19. The summed E-state index contributed by atoms with van der Waals surface area (Å²) in [6.07, 6.45) is 10.3. The van der Waals surface area contributed by atoms with Crippen molar-refractivity contribution in [2.24, 2.45) is 5.92 Å². The summed E-state index contributed by atoms with van der Waals surface area (Å²) in [5, 5.41) is 8.74. The van der Waals surface area contributed by atoms with Crippen molar-refractivity contribution in [3.05, 3.63) is 47.3 Å². The second-order valence-corrected chi connectivity index (χ2v) is 5.30. The molecule has 0 aliphatic heterocycles. The summed E-state index contributed by atoms with van der Waals surface area (Å²) in [6.45, 7) is 2.15. The maximum Gasteiger partial charge on any atom is 0.141 e. The summed E-state index contributed by atoms with van der Waals surface area (Å²) in [7, 11) is 0. The van der Waals surface area contributed by atoms with Crippen LogP contribution < -0.4 is 0 Å². The predicted octanol–water partition coefficient (Wildman–Crippen LogP) is 4.94. The quantitative estimate of drug-likeness (QED) is 0.704. The molecule has 0 amide bonds. The molecule has 0 saturated heterocycles. The van der Waals surface area contributed by atoms with Crippen LogP contribution in [0.2, 0.25) is 0 Å². The largest absolute Gasteiger partial charge is 0.206 e. The van der Waals surface area contributed by atoms with E-state index < -0.39 is 0 Å². The van der Waals surface area contributed by atoms with Crippen molar-refractivity contribution in [3.63, 3.8) is 0 Å². The lowest BCUT2D eigenvalue weighted by Gasteiger charge is -2.27. The normalized spacial score (nSPS) is 23.4. The highest BCUT2D eigenvalue weighted by molar-refractivity contribution is 5.34. The van der Waals surface area contributed by atoms with Gasteiger partial charge in [0.1, 0.15) is 11.9 Å². The Morgan fingerprint density at radius 1 is 1.32 bits per heavy atom. The van der Waals surface area contributed by atoms with Crippen LogP contribution in [0.5, 0.6) is 0 Å². The third kappa shape index (κ3) is 3.44. The molecule has 0 N–H and O–H groups in total. The van der Waals surface area contributed by atoms with Gasteiger partial charge in [0, 0.05) is 0 Å². The van der Waals surface area contributed by atoms with Gasteiger partial charge in [0.05, 0.1) is 5.56 Å². The lowest BCUT2D eigenvalue weighted by Crippen LogP contribution is -2.12. The maximum atomic E-state index is 13.6. The minimum Gasteiger partial charge on any atom is -0.206 e. The standard InChI is InChI=1S/C17H20FN/c1-2-3-4-13-5-7-14(8-6-13)15-9-10-16(12-19)17(18)11-15/h3-4,9-11,13-14H,2,5-8H2,1H3. The summed E-state index contributed by atoms with van der Waals surface area (Å²) < 4.78 is 13.6. The van der Waals surface area contributed by atoms with Crippen molar-refractivity contribution in [1.82, 2.24) is 0 Å². The van der Waals surface area contributed by atoms with Crippen LogP contribution >= 0.6 is 0 Å². The second-order valence-electron chi connectivity index (χ2n) is 5.30. The van der Waals surface area contributed by atoms with Crippen LogP contribution in [0.25, 0.3) is 0 Å². The number of allylic oxidation sites excluding steroid dienone is 2. The predicted molar refractivity (Wildman–Crippen MR) is 75.2 cm³/mol. The van der Waals surface area contributed by atoms with Crippen molar-refractivity contribution in [2.45, 2.75) is 44.9 Å². The fraction of sp³-hybridized carbons (Fsp3) is 0.471. The Balaban J connectivity index is 2.00. The molecule has 100 valence electrons. The van der Waals surface area contributed by atoms with Crippen LogP contribution in [0.4, 0.5) is 4.39 Å². The van der Waals surface area contributed by atoms with E-state index in [1.165, 1.54) is 12.8 Å². The highest BCUT2D eigenvalue weighted by atomic mass is 19.1. The molecule has 0 atom stereocenters. The van der Waals surface area contributed by atoms with Gasteiger partial charge >= 0.3 is 0 Å². The number of benzene rings is 1. The fourth-order valence-electron chi connectivity index (χ4n) is 2.85. The molecule has 0 spiro atoms. The Kier molecular flexibility index (Phi) is 4.74. The molecule has 19 heavy (non-hydrogen) atoms. The minimum absolute atomic E-state index is 0.142. The SMILES string of the molecule is CCC=CC1CCC(c2ccc(C#N)c(F)c2)CC1. The zero-order valence-corrected chi connectivity index (χ0v) is 11.4. The number of rotatable bonds is 3. The minimum atomic E-state index is -0.381. The van der Waals surface area contributed by atoms with Gasteiger partial charge in [-0.05, 0) is 61.6 Å². The van der Waals surface area contributed by atoms with Crippen molar-refractivity contribution in [1.29, 1.82) is 5.26 Å². The third-order valence-corrected chi connectivity index (χ3v) is 4.00. The van der Waals surface area contributed by atoms with Gasteiger partial charge in [-0.1, -0.05) is 25.1 Å². The molecule has 0 heterocycles. The Labute approximate surface area is 114 Å². The van der Waals surface area contributed by atoms with Crippen molar-refractivity contribution >= 4 is 0 Å². The highest BCUT2D eigenvalue weighted by Crippen LogP contribution is 2.36. The van der Waals surface area contributed by atoms with E-state index in [2.05, 4.69) is 19.1 Å². The van der Waals surface area contributed by atoms with E-state index in [4.69, 9.17) is 5.26 Å². The number of hydrogen-bond donors (Lipinski definition) is 0. The summed E-state index contributed by atoms with van der Waals surface area (Å²) in [5.74, 6) is 0.765. The number of hydrogen-bond acceptors (Lipinski definition) is 1. The fourth-order valence-corrected chi connectivity index (χ4v) is 2.85. The van der Waals surface area contributed by atoms with Crippen molar-refractivity contribution < 1.29 is 4.39 Å². The molecule has 1 aromatic carbocycles. The van der Waals surface area contributed by atoms with Crippen LogP contribution in [0.3, 0.4) is 0 Å². The Hall–Kier alpha value is -1.62. The zero-order chi connectivity index (χ0) is 13.7. The molecule has 1 aliphatic carbocycles. The topological polar surface area (TPSA) is 23.8 Å². The molecular weight excluding hydrogens is 237 g/mol. The molecule has 2 heteroatoms. The van der Waals surface area contributed by atoms with Gasteiger partial charge in [0.2, 0.25) is 0 Å². The molecule has 1 aliphatic rings. The second kappa shape index (κ2) is 6.52.